The van der Waals surface area contributed by atoms with Gasteiger partial charge in [-0.05, 0) is 0 Å². The van der Waals surface area contributed by atoms with Gasteiger partial charge in [-0.15, -0.1) is 0 Å². The van der Waals surface area contributed by atoms with Crippen LogP contribution < -0.4 is 0 Å². The molecule has 1 rings (SSSR count). The quantitative estimate of drug-likeness (QED) is 0.401. The van der Waals surface area contributed by atoms with Gasteiger partial charge in [-0.1, -0.05) is 5.16 Å². The van der Waals surface area contributed by atoms with Crippen LogP contribution in [0, 0.1) is 0 Å². The Balaban J connectivity index is 2.92. The minimum absolute atomic E-state index is 0.0464. The third-order valence-electron chi connectivity index (χ3n) is 1.76. The number of hydrogen-bond acceptors (Lipinski definition) is 4. The van der Waals surface area contributed by atoms with Gasteiger partial charge in [-0.25, -0.2) is 4.79 Å². The molecule has 0 aromatic carbocycles. The Morgan fingerprint density at radius 2 is 1.92 bits per heavy atom. The molecule has 1 fully saturated rings. The maximum absolute atomic E-state index is 11.1. The van der Waals surface area contributed by atoms with Crippen molar-refractivity contribution in [2.45, 2.75) is 6.42 Å². The minimum atomic E-state index is -0.487. The predicted octanol–water partition coefficient (Wildman–Crippen LogP) is -0.312. The molecule has 0 saturated carbocycles. The van der Waals surface area contributed by atoms with Gasteiger partial charge in [0.15, 0.2) is 5.84 Å². The lowest BCUT2D eigenvalue weighted by Crippen LogP contribution is -2.51. The number of carbonyl (C=O) groups is 2. The van der Waals surface area contributed by atoms with Gasteiger partial charge in [0.2, 0.25) is 5.91 Å². The Morgan fingerprint density at radius 3 is 2.42 bits per heavy atom. The molecule has 0 bridgehead atoms. The number of rotatable bonds is 0. The molecule has 6 heteroatoms. The van der Waals surface area contributed by atoms with Crippen molar-refractivity contribution in [2.24, 2.45) is 5.16 Å². The summed E-state index contributed by atoms with van der Waals surface area (Å²) in [5.41, 5.74) is 0. The molecule has 12 heavy (non-hydrogen) atoms. The summed E-state index contributed by atoms with van der Waals surface area (Å²) in [4.78, 5) is 24.3. The maximum atomic E-state index is 11.1. The van der Waals surface area contributed by atoms with Gasteiger partial charge >= 0.3 is 6.03 Å². The molecule has 1 aliphatic heterocycles. The smallest absolute Gasteiger partial charge is 0.331 e. The lowest BCUT2D eigenvalue weighted by Gasteiger charge is -2.28. The molecule has 0 aromatic rings. The molecule has 6 nitrogen and oxygen atoms in total. The lowest BCUT2D eigenvalue weighted by molar-refractivity contribution is -0.127. The van der Waals surface area contributed by atoms with E-state index in [0.29, 0.717) is 0 Å². The molecule has 1 saturated heterocycles. The molecule has 0 spiro atoms. The highest BCUT2D eigenvalue weighted by molar-refractivity contribution is 6.15. The molecular formula is C6H9N3O3. The second kappa shape index (κ2) is 2.80. The first-order chi connectivity index (χ1) is 5.57. The van der Waals surface area contributed by atoms with Gasteiger partial charge in [0.25, 0.3) is 0 Å². The van der Waals surface area contributed by atoms with Crippen molar-refractivity contribution in [1.29, 1.82) is 0 Å². The lowest BCUT2D eigenvalue weighted by atomic mass is 10.3. The van der Waals surface area contributed by atoms with Gasteiger partial charge < -0.3 is 5.21 Å². The SMILES string of the molecule is CN1C(=O)C/C(=N\O)N(C)C1=O. The molecule has 3 amide bonds. The minimum Gasteiger partial charge on any atom is -0.409 e. The summed E-state index contributed by atoms with van der Waals surface area (Å²) >= 11 is 0. The molecule has 0 unspecified atom stereocenters. The first-order valence-corrected chi connectivity index (χ1v) is 3.33. The standard InChI is InChI=1S/C6H9N3O3/c1-8-4(7-12)3-5(10)9(2)6(8)11/h12H,3H2,1-2H3/b7-4+. The monoisotopic (exact) mass is 171 g/mol. The average molecular weight is 171 g/mol. The molecule has 1 aliphatic rings. The van der Waals surface area contributed by atoms with Gasteiger partial charge in [0.1, 0.15) is 0 Å². The first-order valence-electron chi connectivity index (χ1n) is 3.33. The van der Waals surface area contributed by atoms with E-state index in [1.54, 1.807) is 0 Å². The van der Waals surface area contributed by atoms with E-state index in [1.807, 2.05) is 0 Å². The second-order valence-electron chi connectivity index (χ2n) is 2.49. The zero-order chi connectivity index (χ0) is 9.30. The van der Waals surface area contributed by atoms with Crippen molar-refractivity contribution in [3.05, 3.63) is 0 Å². The predicted molar refractivity (Wildman–Crippen MR) is 39.8 cm³/mol. The highest BCUT2D eigenvalue weighted by atomic mass is 16.4. The van der Waals surface area contributed by atoms with Crippen molar-refractivity contribution in [1.82, 2.24) is 9.80 Å². The third-order valence-corrected chi connectivity index (χ3v) is 1.76. The van der Waals surface area contributed by atoms with E-state index in [4.69, 9.17) is 5.21 Å². The van der Waals surface area contributed by atoms with E-state index in [2.05, 4.69) is 5.16 Å². The maximum Gasteiger partial charge on any atom is 0.331 e. The van der Waals surface area contributed by atoms with E-state index >= 15 is 0 Å². The Hall–Kier alpha value is -1.59. The number of hydrogen-bond donors (Lipinski definition) is 1. The normalized spacial score (nSPS) is 22.3. The van der Waals surface area contributed by atoms with Crippen LogP contribution in [0.2, 0.25) is 0 Å². The van der Waals surface area contributed by atoms with Crippen LogP contribution >= 0.6 is 0 Å². The Kier molecular flexibility index (Phi) is 1.99. The third kappa shape index (κ3) is 1.11. The zero-order valence-electron chi connectivity index (χ0n) is 6.81. The molecule has 0 aromatic heterocycles. The summed E-state index contributed by atoms with van der Waals surface area (Å²) in [5, 5.41) is 11.2. The van der Waals surface area contributed by atoms with E-state index in [-0.39, 0.29) is 18.2 Å². The molecule has 0 atom stereocenters. The number of urea groups is 1. The summed E-state index contributed by atoms with van der Waals surface area (Å²) in [6.07, 6.45) is -0.0464. The average Bonchev–Trinajstić information content (AvgIpc) is 2.08. The van der Waals surface area contributed by atoms with Crippen LogP contribution in [0.3, 0.4) is 0 Å². The van der Waals surface area contributed by atoms with Crippen LogP contribution in [0.5, 0.6) is 0 Å². The fourth-order valence-corrected chi connectivity index (χ4v) is 0.917. The van der Waals surface area contributed by atoms with Gasteiger partial charge in [0, 0.05) is 14.1 Å². The highest BCUT2D eigenvalue weighted by Crippen LogP contribution is 2.08. The summed E-state index contributed by atoms with van der Waals surface area (Å²) in [7, 11) is 2.83. The number of oxime groups is 1. The van der Waals surface area contributed by atoms with Gasteiger partial charge in [0.05, 0.1) is 6.42 Å². The van der Waals surface area contributed by atoms with Gasteiger partial charge in [-0.3, -0.25) is 14.6 Å². The summed E-state index contributed by atoms with van der Waals surface area (Å²) in [6.45, 7) is 0. The van der Waals surface area contributed by atoms with E-state index in [9.17, 15) is 9.59 Å². The fraction of sp³-hybridized carbons (Fsp3) is 0.500. The molecule has 0 aliphatic carbocycles. The van der Waals surface area contributed by atoms with Gasteiger partial charge in [-0.2, -0.15) is 0 Å². The van der Waals surface area contributed by atoms with Crippen LogP contribution in [0.4, 0.5) is 4.79 Å². The zero-order valence-corrected chi connectivity index (χ0v) is 6.81. The molecule has 1 heterocycles. The molecule has 0 radical (unpaired) electrons. The van der Waals surface area contributed by atoms with Crippen LogP contribution in [-0.4, -0.2) is 46.9 Å². The molecule has 1 N–H and O–H groups in total. The highest BCUT2D eigenvalue weighted by Gasteiger charge is 2.31. The Labute approximate surface area is 69.0 Å². The van der Waals surface area contributed by atoms with Crippen molar-refractivity contribution in [2.75, 3.05) is 14.1 Å². The number of amides is 3. The number of carbonyl (C=O) groups excluding carboxylic acids is 2. The molecule has 66 valence electrons. The number of imide groups is 1. The van der Waals surface area contributed by atoms with Crippen molar-refractivity contribution >= 4 is 17.8 Å². The fourth-order valence-electron chi connectivity index (χ4n) is 0.917. The van der Waals surface area contributed by atoms with E-state index < -0.39 is 6.03 Å². The van der Waals surface area contributed by atoms with E-state index in [0.717, 1.165) is 9.80 Å². The Bertz CT molecular complexity index is 261. The van der Waals surface area contributed by atoms with E-state index in [1.165, 1.54) is 14.1 Å². The van der Waals surface area contributed by atoms with Crippen LogP contribution in [0.1, 0.15) is 6.42 Å². The molecular weight excluding hydrogens is 162 g/mol. The van der Waals surface area contributed by atoms with Crippen LogP contribution in [0.25, 0.3) is 0 Å². The second-order valence-corrected chi connectivity index (χ2v) is 2.49. The van der Waals surface area contributed by atoms with Crippen molar-refractivity contribution in [3.8, 4) is 0 Å². The topological polar surface area (TPSA) is 73.2 Å². The summed E-state index contributed by atoms with van der Waals surface area (Å²) in [5.74, 6) is -0.297. The van der Waals surface area contributed by atoms with Crippen molar-refractivity contribution in [3.63, 3.8) is 0 Å². The van der Waals surface area contributed by atoms with Crippen LogP contribution in [0.15, 0.2) is 5.16 Å². The Morgan fingerprint density at radius 1 is 1.33 bits per heavy atom. The van der Waals surface area contributed by atoms with Crippen molar-refractivity contribution < 1.29 is 14.8 Å². The summed E-state index contributed by atoms with van der Waals surface area (Å²) < 4.78 is 0. The largest absolute Gasteiger partial charge is 0.409 e. The summed E-state index contributed by atoms with van der Waals surface area (Å²) in [6, 6.07) is -0.487. The van der Waals surface area contributed by atoms with Crippen LogP contribution in [-0.2, 0) is 4.79 Å². The first kappa shape index (κ1) is 8.51. The number of amidine groups is 1. The number of nitrogens with zero attached hydrogens (tertiary/aromatic N) is 3.